The molecule has 0 heterocycles. The van der Waals surface area contributed by atoms with Crippen molar-refractivity contribution >= 4 is 5.78 Å². The van der Waals surface area contributed by atoms with Crippen molar-refractivity contribution in [1.29, 1.82) is 0 Å². The molecule has 156 valence electrons. The number of ether oxygens (including phenoxy) is 1. The quantitative estimate of drug-likeness (QED) is 0.712. The average molecular weight is 403 g/mol. The van der Waals surface area contributed by atoms with Crippen molar-refractivity contribution in [3.63, 3.8) is 0 Å². The van der Waals surface area contributed by atoms with Crippen LogP contribution in [0.3, 0.4) is 0 Å². The Morgan fingerprint density at radius 2 is 2.00 bits per heavy atom. The fourth-order valence-corrected chi connectivity index (χ4v) is 7.01. The lowest BCUT2D eigenvalue weighted by Gasteiger charge is -2.50. The number of carbonyl (C=O) groups is 1. The summed E-state index contributed by atoms with van der Waals surface area (Å²) in [5.41, 5.74) is 3.98. The number of hydrogen-bond donors (Lipinski definition) is 1. The highest BCUT2D eigenvalue weighted by molar-refractivity contribution is 5.99. The Morgan fingerprint density at radius 3 is 2.77 bits per heavy atom. The van der Waals surface area contributed by atoms with Crippen LogP contribution < -0.4 is 4.74 Å². The molecule has 4 aliphatic carbocycles. The highest BCUT2D eigenvalue weighted by atomic mass is 16.5. The molecule has 3 nitrogen and oxygen atoms in total. The molecule has 30 heavy (non-hydrogen) atoms. The predicted octanol–water partition coefficient (Wildman–Crippen LogP) is 4.96. The Bertz CT molecular complexity index is 1010. The maximum Gasteiger partial charge on any atom is 0.163 e. The molecular weight excluding hydrogens is 372 g/mol. The van der Waals surface area contributed by atoms with Crippen LogP contribution in [0.4, 0.5) is 0 Å². The van der Waals surface area contributed by atoms with Gasteiger partial charge >= 0.3 is 0 Å². The first kappa shape index (κ1) is 19.6. The van der Waals surface area contributed by atoms with Gasteiger partial charge in [-0.25, -0.2) is 0 Å². The smallest absolute Gasteiger partial charge is 0.163 e. The molecule has 4 aliphatic rings. The topological polar surface area (TPSA) is 46.5 Å². The zero-order valence-electron chi connectivity index (χ0n) is 17.9. The van der Waals surface area contributed by atoms with Gasteiger partial charge in [0.2, 0.25) is 0 Å². The summed E-state index contributed by atoms with van der Waals surface area (Å²) in [5.74, 6) is 4.46. The first-order valence-corrected chi connectivity index (χ1v) is 11.2. The Kier molecular flexibility index (Phi) is 4.49. The van der Waals surface area contributed by atoms with E-state index in [4.69, 9.17) is 11.2 Å². The van der Waals surface area contributed by atoms with Crippen molar-refractivity contribution in [2.24, 2.45) is 17.3 Å². The number of para-hydroxylation sites is 1. The number of ketones is 1. The second-order valence-corrected chi connectivity index (χ2v) is 9.79. The number of benzene rings is 1. The second kappa shape index (κ2) is 6.86. The highest BCUT2D eigenvalue weighted by Crippen LogP contribution is 2.63. The molecule has 0 spiro atoms. The van der Waals surface area contributed by atoms with Crippen LogP contribution in [0.15, 0.2) is 47.1 Å². The van der Waals surface area contributed by atoms with E-state index in [0.29, 0.717) is 18.3 Å². The molecule has 1 aromatic rings. The van der Waals surface area contributed by atoms with Crippen LogP contribution in [0.1, 0.15) is 63.4 Å². The van der Waals surface area contributed by atoms with Crippen LogP contribution in [-0.2, 0) is 4.79 Å². The minimum Gasteiger partial charge on any atom is -0.496 e. The highest BCUT2D eigenvalue weighted by Gasteiger charge is 2.60. The van der Waals surface area contributed by atoms with Gasteiger partial charge in [-0.2, -0.15) is 0 Å². The van der Waals surface area contributed by atoms with Crippen molar-refractivity contribution in [2.75, 3.05) is 7.11 Å². The van der Waals surface area contributed by atoms with Crippen LogP contribution in [0, 0.1) is 29.6 Å². The Hall–Kier alpha value is -2.31. The first-order chi connectivity index (χ1) is 14.4. The number of hydrogen-bond acceptors (Lipinski definition) is 3. The van der Waals surface area contributed by atoms with Gasteiger partial charge < -0.3 is 9.84 Å². The Labute approximate surface area is 179 Å². The van der Waals surface area contributed by atoms with Crippen molar-refractivity contribution < 1.29 is 14.6 Å². The number of methoxy groups -OCH3 is 1. The van der Waals surface area contributed by atoms with E-state index in [0.717, 1.165) is 49.8 Å². The number of aliphatic hydroxyl groups is 1. The van der Waals surface area contributed by atoms with Crippen LogP contribution in [-0.4, -0.2) is 23.6 Å². The van der Waals surface area contributed by atoms with Gasteiger partial charge in [0.15, 0.2) is 5.78 Å². The summed E-state index contributed by atoms with van der Waals surface area (Å²) in [7, 11) is 1.67. The molecule has 2 saturated carbocycles. The van der Waals surface area contributed by atoms with Gasteiger partial charge in [0.1, 0.15) is 11.4 Å². The lowest BCUT2D eigenvalue weighted by molar-refractivity contribution is -0.116. The molecule has 2 fully saturated rings. The average Bonchev–Trinajstić information content (AvgIpc) is 3.04. The van der Waals surface area contributed by atoms with E-state index in [-0.39, 0.29) is 17.1 Å². The fourth-order valence-electron chi connectivity index (χ4n) is 7.01. The zero-order chi connectivity index (χ0) is 21.1. The number of carbonyl (C=O) groups excluding carboxylic acids is 1. The van der Waals surface area contributed by atoms with E-state index in [1.54, 1.807) is 7.11 Å². The van der Waals surface area contributed by atoms with Gasteiger partial charge in [-0.1, -0.05) is 36.6 Å². The third-order valence-electron chi connectivity index (χ3n) is 8.75. The summed E-state index contributed by atoms with van der Waals surface area (Å²) in [6, 6.07) is 7.89. The SMILES string of the molecule is C#C[C@]1(O)CC[C@H]2[C@@H]3CCC4=CC(=O)C(c5ccccc5OC)CC4=C3CC[C@@]21C. The molecule has 3 heteroatoms. The van der Waals surface area contributed by atoms with Crippen LogP contribution in [0.5, 0.6) is 5.75 Å². The van der Waals surface area contributed by atoms with Crippen molar-refractivity contribution in [1.82, 2.24) is 0 Å². The number of fused-ring (bicyclic) bond motifs is 4. The number of rotatable bonds is 2. The minimum atomic E-state index is -0.980. The molecule has 1 aromatic carbocycles. The van der Waals surface area contributed by atoms with Crippen molar-refractivity contribution in [2.45, 2.75) is 63.4 Å². The third-order valence-corrected chi connectivity index (χ3v) is 8.75. The molecule has 0 radical (unpaired) electrons. The molecule has 5 rings (SSSR count). The van der Waals surface area contributed by atoms with E-state index in [1.807, 2.05) is 30.3 Å². The maximum absolute atomic E-state index is 13.0. The normalized spacial score (nSPS) is 37.6. The molecule has 1 N–H and O–H groups in total. The van der Waals surface area contributed by atoms with Crippen LogP contribution in [0.25, 0.3) is 0 Å². The molecule has 0 amide bonds. The number of terminal acetylenes is 1. The monoisotopic (exact) mass is 402 g/mol. The van der Waals surface area contributed by atoms with E-state index in [9.17, 15) is 9.90 Å². The molecule has 1 unspecified atom stereocenters. The fraction of sp³-hybridized carbons (Fsp3) is 0.519. The minimum absolute atomic E-state index is 0.175. The summed E-state index contributed by atoms with van der Waals surface area (Å²) >= 11 is 0. The molecule has 0 aromatic heterocycles. The summed E-state index contributed by atoms with van der Waals surface area (Å²) in [6.07, 6.45) is 14.1. The van der Waals surface area contributed by atoms with E-state index < -0.39 is 5.60 Å². The predicted molar refractivity (Wildman–Crippen MR) is 117 cm³/mol. The molecule has 0 saturated heterocycles. The lowest BCUT2D eigenvalue weighted by Crippen LogP contribution is -2.49. The zero-order valence-corrected chi connectivity index (χ0v) is 17.9. The van der Waals surface area contributed by atoms with E-state index in [1.165, 1.54) is 16.7 Å². The van der Waals surface area contributed by atoms with Gasteiger partial charge in [0.25, 0.3) is 0 Å². The second-order valence-electron chi connectivity index (χ2n) is 9.79. The van der Waals surface area contributed by atoms with E-state index >= 15 is 0 Å². The van der Waals surface area contributed by atoms with Gasteiger partial charge in [-0.3, -0.25) is 4.79 Å². The molecule has 5 atom stereocenters. The van der Waals surface area contributed by atoms with Crippen LogP contribution >= 0.6 is 0 Å². The summed E-state index contributed by atoms with van der Waals surface area (Å²) in [4.78, 5) is 13.0. The standard InChI is InChI=1S/C27H30O3/c1-4-27(29)14-12-23-19-10-9-17-15-24(28)22(20-7-5-6-8-25(20)30-3)16-21(17)18(19)11-13-26(23,27)2/h1,5-8,15,19,22-23,29H,9-14,16H2,2-3H3/t19-,22?,23+,26+,27+/m1/s1. The summed E-state index contributed by atoms with van der Waals surface area (Å²) in [6.45, 7) is 2.21. The van der Waals surface area contributed by atoms with Crippen LogP contribution in [0.2, 0.25) is 0 Å². The van der Waals surface area contributed by atoms with Crippen molar-refractivity contribution in [3.8, 4) is 18.1 Å². The van der Waals surface area contributed by atoms with Gasteiger partial charge in [0, 0.05) is 11.0 Å². The van der Waals surface area contributed by atoms with E-state index in [2.05, 4.69) is 12.8 Å². The van der Waals surface area contributed by atoms with Gasteiger partial charge in [-0.05, 0) is 80.1 Å². The number of allylic oxidation sites excluding steroid dienone is 4. The Morgan fingerprint density at radius 1 is 1.20 bits per heavy atom. The van der Waals surface area contributed by atoms with Gasteiger partial charge in [0.05, 0.1) is 13.0 Å². The molecule has 0 bridgehead atoms. The summed E-state index contributed by atoms with van der Waals surface area (Å²) < 4.78 is 5.56. The van der Waals surface area contributed by atoms with Crippen molar-refractivity contribution in [3.05, 3.63) is 52.6 Å². The first-order valence-electron chi connectivity index (χ1n) is 11.2. The molecule has 0 aliphatic heterocycles. The third kappa shape index (κ3) is 2.59. The largest absolute Gasteiger partial charge is 0.496 e. The molecular formula is C27H30O3. The summed E-state index contributed by atoms with van der Waals surface area (Å²) in [5, 5.41) is 11.1. The maximum atomic E-state index is 13.0. The Balaban J connectivity index is 1.54. The lowest BCUT2D eigenvalue weighted by atomic mass is 9.55. The van der Waals surface area contributed by atoms with Gasteiger partial charge in [-0.15, -0.1) is 6.42 Å².